The van der Waals surface area contributed by atoms with Gasteiger partial charge in [-0.15, -0.1) is 71.4 Å². The number of rotatable bonds is 5. The first-order chi connectivity index (χ1) is 43.8. The van der Waals surface area contributed by atoms with Gasteiger partial charge in [0, 0.05) is 59.9 Å². The van der Waals surface area contributed by atoms with Crippen LogP contribution in [0.1, 0.15) is 11.7 Å². The second kappa shape index (κ2) is 21.7. The van der Waals surface area contributed by atoms with Gasteiger partial charge in [0.2, 0.25) is 0 Å². The summed E-state index contributed by atoms with van der Waals surface area (Å²) in [5, 5.41) is 1.78. The summed E-state index contributed by atoms with van der Waals surface area (Å²) in [6, 6.07) is 4.22. The Kier molecular flexibility index (Phi) is 15.0. The molecule has 5 nitrogen and oxygen atoms in total. The van der Waals surface area contributed by atoms with E-state index in [9.17, 15) is 0 Å². The Morgan fingerprint density at radius 2 is 0.677 bits per heavy atom. The Morgan fingerprint density at radius 1 is 0.323 bits per heavy atom. The maximum absolute atomic E-state index is 7.58. The summed E-state index contributed by atoms with van der Waals surface area (Å²) in [5.41, 5.74) is 0.142. The fourth-order valence-corrected chi connectivity index (χ4v) is 14.8. The number of hydrogen-bond donors (Lipinski definition) is 0. The monoisotopic (exact) mass is 1120 g/mol. The van der Waals surface area contributed by atoms with Crippen LogP contribution in [0.15, 0.2) is 40.9 Å². The molecule has 5 aromatic heterocycles. The normalized spacial score (nSPS) is 13.8. The van der Waals surface area contributed by atoms with E-state index in [0.717, 1.165) is 4.70 Å². The second-order valence-electron chi connectivity index (χ2n) is 22.9. The van der Waals surface area contributed by atoms with E-state index in [1.54, 1.807) is 9.13 Å². The van der Waals surface area contributed by atoms with Crippen molar-refractivity contribution in [1.29, 1.82) is 0 Å². The highest BCUT2D eigenvalue weighted by molar-refractivity contribution is 7.26. The molecule has 8 aromatic carbocycles. The van der Waals surface area contributed by atoms with E-state index in [0.29, 0.717) is 43.1 Å². The number of fused-ring (bicyclic) bond motifs is 12. The molecule has 354 valence electrons. The van der Waals surface area contributed by atoms with Crippen molar-refractivity contribution >= 4 is 486 Å². The van der Waals surface area contributed by atoms with Gasteiger partial charge in [-0.2, -0.15) is 0 Å². The lowest BCUT2D eigenvalue weighted by molar-refractivity contribution is 0.769. The number of allylic oxidation sites excluding steroid dienone is 4. The molecular weight excluding hydrogens is 1110 g/mol. The van der Waals surface area contributed by atoms with E-state index in [4.69, 9.17) is 245 Å². The van der Waals surface area contributed by atoms with Gasteiger partial charge in [-0.3, -0.25) is 0 Å². The van der Waals surface area contributed by atoms with Crippen molar-refractivity contribution in [2.45, 2.75) is 6.04 Å². The van der Waals surface area contributed by atoms with Gasteiger partial charge in [0.15, 0.2) is 0 Å². The molecule has 13 aromatic rings. The SMILES string of the molecule is [B]C1=C([B])C(n2c3c([B])c([B])c([B])c([B])c3c3c([B])c([B])c(-c4c([B])c([B])c5c(c4[B])c4c([B])c([B])c([B])c([B])c4n5-c4c([B])c([B])c([B])c([B])c4[B])c([B])c32)C([B])=C1c1ncnc2c1sc1ccc(-n3c4c([B])c([B])c([B])c([B])c4c4c([B])c([B])c([B])c([B])c43)cc12. The van der Waals surface area contributed by atoms with Crippen LogP contribution < -0.4 is 147 Å². The molecule has 14 rings (SSSR count). The lowest BCUT2D eigenvalue weighted by Crippen LogP contribution is -2.56. The Hall–Kier alpha value is -6.11. The standard InChI is InChI=1S/C57H5B30N5S/c58-17-8(19(60)39(80)52-10(17)11-21(62)28(69)35(76)43(84)53(11)92(52)56-45(86)37(78)32(73)38(79)46(56)87)9-18(59)20(61)12-15-24(65)31(72)36(77)44(85)54(15)91(49(12)26(9)67)55-27(68)16(25(66)40(55)81)48-57-47(88-4-89-48)6-3-5(1-2-7(6)93-57)90-50-13(22(63)29(70)33(74)41(50)82)14-23(64)30(71)34(75)42(83)51(14)90/h1-4,55H. The van der Waals surface area contributed by atoms with Crippen molar-refractivity contribution in [1.82, 2.24) is 23.7 Å². The van der Waals surface area contributed by atoms with Gasteiger partial charge in [-0.25, -0.2) is 9.97 Å². The molecule has 0 saturated heterocycles. The summed E-state index contributed by atoms with van der Waals surface area (Å²) in [6.45, 7) is 0. The smallest absolute Gasteiger partial charge is 0.117 e. The van der Waals surface area contributed by atoms with Gasteiger partial charge < -0.3 is 13.7 Å². The van der Waals surface area contributed by atoms with Crippen molar-refractivity contribution in [2.24, 2.45) is 0 Å². The molecule has 1 aliphatic carbocycles. The maximum atomic E-state index is 7.58. The minimum atomic E-state index is -1.31. The second-order valence-corrected chi connectivity index (χ2v) is 24.0. The molecular formula is C57H5B30N5S. The van der Waals surface area contributed by atoms with Gasteiger partial charge in [-0.1, -0.05) is 104 Å². The van der Waals surface area contributed by atoms with Crippen LogP contribution in [0.25, 0.3) is 114 Å². The highest BCUT2D eigenvalue weighted by atomic mass is 32.1. The highest BCUT2D eigenvalue weighted by Gasteiger charge is 2.36. The topological polar surface area (TPSA) is 40.6 Å². The molecule has 0 spiro atoms. The summed E-state index contributed by atoms with van der Waals surface area (Å²) in [4.78, 5) is 9.59. The predicted octanol–water partition coefficient (Wildman–Crippen LogP) is -19.1. The van der Waals surface area contributed by atoms with Crippen LogP contribution in [0.4, 0.5) is 0 Å². The Labute approximate surface area is 579 Å². The average Bonchev–Trinajstić information content (AvgIpc) is 1.55. The van der Waals surface area contributed by atoms with Gasteiger partial charge in [0.05, 0.1) is 22.0 Å². The van der Waals surface area contributed by atoms with Crippen LogP contribution in [-0.2, 0) is 0 Å². The van der Waals surface area contributed by atoms with Crippen LogP contribution in [-0.4, -0.2) is 259 Å². The van der Waals surface area contributed by atoms with Crippen molar-refractivity contribution in [3.8, 4) is 22.5 Å². The minimum Gasteiger partial charge on any atom is -0.332 e. The molecule has 0 fully saturated rings. The first kappa shape index (κ1) is 64.2. The number of aromatic nitrogens is 5. The van der Waals surface area contributed by atoms with Crippen LogP contribution in [0.5, 0.6) is 0 Å². The third-order valence-electron chi connectivity index (χ3n) is 18.4. The van der Waals surface area contributed by atoms with Crippen molar-refractivity contribution in [3.63, 3.8) is 0 Å². The molecule has 93 heavy (non-hydrogen) atoms. The third-order valence-corrected chi connectivity index (χ3v) is 19.6. The summed E-state index contributed by atoms with van der Waals surface area (Å²) in [7, 11) is 205. The number of hydrogen-bond acceptors (Lipinski definition) is 3. The molecule has 5 heterocycles. The van der Waals surface area contributed by atoms with E-state index in [1.165, 1.54) is 22.2 Å². The summed E-state index contributed by atoms with van der Waals surface area (Å²) >= 11 is 1.32. The Bertz CT molecular complexity index is 5790. The first-order valence-electron chi connectivity index (χ1n) is 27.6. The van der Waals surface area contributed by atoms with E-state index in [1.807, 2.05) is 18.2 Å². The molecule has 0 aliphatic heterocycles. The lowest BCUT2D eigenvalue weighted by Gasteiger charge is -2.28. The van der Waals surface area contributed by atoms with Crippen molar-refractivity contribution in [2.75, 3.05) is 0 Å². The van der Waals surface area contributed by atoms with Crippen molar-refractivity contribution < 1.29 is 0 Å². The molecule has 60 radical (unpaired) electrons. The summed E-state index contributed by atoms with van der Waals surface area (Å²) in [6.07, 6.45) is 1.35. The van der Waals surface area contributed by atoms with Crippen LogP contribution >= 0.6 is 11.3 Å². The maximum Gasteiger partial charge on any atom is 0.117 e. The molecule has 0 bridgehead atoms. The van der Waals surface area contributed by atoms with Gasteiger partial charge in [-0.05, 0) is 61.8 Å². The number of thiophene rings is 1. The Morgan fingerprint density at radius 3 is 1.16 bits per heavy atom. The quantitative estimate of drug-likeness (QED) is 0.161. The molecule has 0 N–H and O–H groups in total. The average molecular weight is 1120 g/mol. The fraction of sp³-hybridized carbons (Fsp3) is 0.0175. The Balaban J connectivity index is 1.04. The van der Waals surface area contributed by atoms with E-state index >= 15 is 0 Å². The van der Waals surface area contributed by atoms with Crippen LogP contribution in [0.3, 0.4) is 0 Å². The molecule has 1 atom stereocenters. The number of benzene rings is 8. The minimum absolute atomic E-state index is 0.00582. The zero-order valence-corrected chi connectivity index (χ0v) is 49.7. The van der Waals surface area contributed by atoms with Gasteiger partial charge >= 0.3 is 0 Å². The van der Waals surface area contributed by atoms with E-state index < -0.39 is 6.04 Å². The fourth-order valence-electron chi connectivity index (χ4n) is 13.7. The first-order valence-corrected chi connectivity index (χ1v) is 28.5. The van der Waals surface area contributed by atoms with Crippen LogP contribution in [0.2, 0.25) is 0 Å². The number of nitrogens with zero attached hydrogens (tertiary/aromatic N) is 5. The summed E-state index contributed by atoms with van der Waals surface area (Å²) in [5.74, 6) is 0. The molecule has 0 amide bonds. The lowest BCUT2D eigenvalue weighted by atomic mass is 9.61. The molecule has 1 unspecified atom stereocenters. The molecule has 1 aliphatic rings. The third kappa shape index (κ3) is 8.12. The van der Waals surface area contributed by atoms with Gasteiger partial charge in [0.25, 0.3) is 0 Å². The van der Waals surface area contributed by atoms with Gasteiger partial charge in [0.1, 0.15) is 242 Å². The van der Waals surface area contributed by atoms with Crippen molar-refractivity contribution in [3.05, 3.63) is 46.6 Å². The van der Waals surface area contributed by atoms with E-state index in [2.05, 4.69) is 0 Å². The zero-order valence-electron chi connectivity index (χ0n) is 48.9. The van der Waals surface area contributed by atoms with Crippen LogP contribution in [0, 0.1) is 0 Å². The molecule has 0 saturated carbocycles. The zero-order chi connectivity index (χ0) is 67.3. The van der Waals surface area contributed by atoms with E-state index in [-0.39, 0.29) is 236 Å². The highest BCUT2D eigenvalue weighted by Crippen LogP contribution is 2.47. The summed E-state index contributed by atoms with van der Waals surface area (Å²) < 4.78 is 5.98. The largest absolute Gasteiger partial charge is 0.332 e. The predicted molar refractivity (Wildman–Crippen MR) is 424 cm³/mol. The molecule has 36 heteroatoms.